The van der Waals surface area contributed by atoms with E-state index < -0.39 is 29.1 Å². The molecule has 0 radical (unpaired) electrons. The van der Waals surface area contributed by atoms with Crippen molar-refractivity contribution in [3.8, 4) is 17.1 Å². The maximum Gasteiger partial charge on any atom is 0.407 e. The Morgan fingerprint density at radius 2 is 1.65 bits per heavy atom. The number of hydrogen-bond donors (Lipinski definition) is 2. The van der Waals surface area contributed by atoms with Gasteiger partial charge >= 0.3 is 12.1 Å². The molecule has 1 unspecified atom stereocenters. The number of nitrogens with zero attached hydrogens (tertiary/aromatic N) is 2. The van der Waals surface area contributed by atoms with Gasteiger partial charge in [-0.1, -0.05) is 30.7 Å². The molecule has 15 heteroatoms. The number of benzene rings is 1. The average Bonchev–Trinajstić information content (AvgIpc) is 3.06. The summed E-state index contributed by atoms with van der Waals surface area (Å²) in [5.74, 6) is 0.703. The van der Waals surface area contributed by atoms with Gasteiger partial charge in [-0.15, -0.1) is 0 Å². The highest BCUT2D eigenvalue weighted by molar-refractivity contribution is 7.99. The van der Waals surface area contributed by atoms with Crippen LogP contribution in [0.15, 0.2) is 30.5 Å². The third kappa shape index (κ3) is 15.9. The molecule has 0 aliphatic carbocycles. The largest absolute Gasteiger partial charge is 0.474 e. The summed E-state index contributed by atoms with van der Waals surface area (Å²) in [6.45, 7) is 11.9. The Bertz CT molecular complexity index is 1300. The molecule has 2 amide bonds. The Balaban J connectivity index is 1.88. The van der Waals surface area contributed by atoms with Gasteiger partial charge in [0, 0.05) is 30.0 Å². The number of amides is 2. The zero-order valence-corrected chi connectivity index (χ0v) is 31.0. The summed E-state index contributed by atoms with van der Waals surface area (Å²) in [4.78, 5) is 47.4. The molecule has 1 aromatic heterocycles. The lowest BCUT2D eigenvalue weighted by Crippen LogP contribution is -2.55. The quantitative estimate of drug-likeness (QED) is 0.112. The second-order valence-electron chi connectivity index (χ2n) is 11.7. The van der Waals surface area contributed by atoms with Crippen molar-refractivity contribution in [2.75, 3.05) is 71.4 Å². The van der Waals surface area contributed by atoms with Crippen LogP contribution in [0.2, 0.25) is 5.02 Å². The number of thioether (sulfide) groups is 1. The summed E-state index contributed by atoms with van der Waals surface area (Å²) >= 11 is 7.77. The van der Waals surface area contributed by atoms with E-state index >= 15 is 0 Å². The fourth-order valence-electron chi connectivity index (χ4n) is 4.34. The van der Waals surface area contributed by atoms with Gasteiger partial charge in [0.1, 0.15) is 29.1 Å². The molecule has 0 saturated heterocycles. The van der Waals surface area contributed by atoms with E-state index in [2.05, 4.69) is 20.6 Å². The summed E-state index contributed by atoms with van der Waals surface area (Å²) in [6, 6.07) is 6.95. The minimum absolute atomic E-state index is 0.0287. The number of alkyl carbamates (subject to hydrolysis) is 1. The van der Waals surface area contributed by atoms with Crippen molar-refractivity contribution in [3.63, 3.8) is 0 Å². The molecule has 0 aliphatic heterocycles. The fourth-order valence-corrected chi connectivity index (χ4v) is 5.26. The van der Waals surface area contributed by atoms with Gasteiger partial charge < -0.3 is 39.1 Å². The van der Waals surface area contributed by atoms with Crippen LogP contribution in [0.5, 0.6) is 5.88 Å². The van der Waals surface area contributed by atoms with Crippen molar-refractivity contribution in [1.29, 1.82) is 0 Å². The van der Waals surface area contributed by atoms with Crippen LogP contribution in [0.25, 0.3) is 11.3 Å². The lowest BCUT2D eigenvalue weighted by molar-refractivity contribution is -0.151. The number of nitrogens with one attached hydrogen (secondary N) is 2. The fraction of sp³-hybridized carbons (Fsp3) is 0.618. The highest BCUT2D eigenvalue weighted by Gasteiger charge is 2.40. The molecule has 2 rings (SSSR count). The van der Waals surface area contributed by atoms with Gasteiger partial charge in [0.25, 0.3) is 5.91 Å². The predicted octanol–water partition coefficient (Wildman–Crippen LogP) is 5.34. The second kappa shape index (κ2) is 22.5. The minimum Gasteiger partial charge on any atom is -0.474 e. The second-order valence-corrected chi connectivity index (χ2v) is 13.4. The van der Waals surface area contributed by atoms with Gasteiger partial charge in [-0.2, -0.15) is 11.8 Å². The number of ether oxygens (including phenoxy) is 6. The summed E-state index contributed by atoms with van der Waals surface area (Å²) in [6.07, 6.45) is 2.21. The number of aromatic nitrogens is 2. The van der Waals surface area contributed by atoms with Crippen LogP contribution in [0.1, 0.15) is 64.4 Å². The summed E-state index contributed by atoms with van der Waals surface area (Å²) < 4.78 is 32.5. The molecule has 1 aromatic carbocycles. The molecule has 2 aromatic rings. The van der Waals surface area contributed by atoms with E-state index in [0.29, 0.717) is 75.1 Å². The van der Waals surface area contributed by atoms with Crippen molar-refractivity contribution in [2.45, 2.75) is 65.0 Å². The van der Waals surface area contributed by atoms with E-state index in [1.807, 2.05) is 6.92 Å². The Morgan fingerprint density at radius 3 is 2.31 bits per heavy atom. The van der Waals surface area contributed by atoms with Crippen LogP contribution in [-0.4, -0.2) is 110 Å². The number of hydrogen-bond acceptors (Lipinski definition) is 12. The van der Waals surface area contributed by atoms with Crippen LogP contribution in [0.3, 0.4) is 0 Å². The molecule has 0 spiro atoms. The minimum atomic E-state index is -1.24. The summed E-state index contributed by atoms with van der Waals surface area (Å²) in [7, 11) is 1.57. The van der Waals surface area contributed by atoms with Crippen LogP contribution < -0.4 is 15.4 Å². The number of carbonyl (C=O) groups is 3. The van der Waals surface area contributed by atoms with Crippen molar-refractivity contribution >= 4 is 41.3 Å². The number of halogens is 1. The maximum absolute atomic E-state index is 13.6. The number of methoxy groups -OCH3 is 1. The van der Waals surface area contributed by atoms with E-state index in [4.69, 9.17) is 40.0 Å². The molecule has 1 heterocycles. The monoisotopic (exact) mass is 726 g/mol. The Hall–Kier alpha value is -3.17. The molecule has 13 nitrogen and oxygen atoms in total. The van der Waals surface area contributed by atoms with Gasteiger partial charge in [-0.25, -0.2) is 19.6 Å². The summed E-state index contributed by atoms with van der Waals surface area (Å²) in [5, 5.41) is 6.11. The van der Waals surface area contributed by atoms with E-state index in [-0.39, 0.29) is 24.8 Å². The highest BCUT2D eigenvalue weighted by Crippen LogP contribution is 2.28. The molecule has 0 bridgehead atoms. The highest BCUT2D eigenvalue weighted by atomic mass is 35.5. The van der Waals surface area contributed by atoms with Crippen LogP contribution in [0.4, 0.5) is 4.79 Å². The van der Waals surface area contributed by atoms with Gasteiger partial charge in [0.15, 0.2) is 0 Å². The van der Waals surface area contributed by atoms with Crippen LogP contribution >= 0.6 is 23.4 Å². The van der Waals surface area contributed by atoms with Gasteiger partial charge in [-0.05, 0) is 64.8 Å². The maximum atomic E-state index is 13.6. The number of rotatable bonds is 23. The summed E-state index contributed by atoms with van der Waals surface area (Å²) in [5.41, 5.74) is -0.733. The van der Waals surface area contributed by atoms with Gasteiger partial charge in [0.05, 0.1) is 45.8 Å². The Labute approximate surface area is 298 Å². The molecule has 274 valence electrons. The Kier molecular flexibility index (Phi) is 19.3. The number of esters is 1. The first-order valence-electron chi connectivity index (χ1n) is 16.4. The van der Waals surface area contributed by atoms with E-state index in [1.165, 1.54) is 6.20 Å². The molecule has 0 fully saturated rings. The normalized spacial score (nSPS) is 12.6. The molecule has 49 heavy (non-hydrogen) atoms. The van der Waals surface area contributed by atoms with Gasteiger partial charge in [-0.3, -0.25) is 4.79 Å². The van der Waals surface area contributed by atoms with E-state index in [9.17, 15) is 14.4 Å². The molecule has 0 saturated carbocycles. The first-order valence-corrected chi connectivity index (χ1v) is 17.9. The Morgan fingerprint density at radius 1 is 0.939 bits per heavy atom. The first kappa shape index (κ1) is 42.0. The van der Waals surface area contributed by atoms with Crippen LogP contribution in [-0.2, 0) is 28.5 Å². The first-order chi connectivity index (χ1) is 23.4. The lowest BCUT2D eigenvalue weighted by Gasteiger charge is -2.31. The smallest absolute Gasteiger partial charge is 0.407 e. The topological polar surface area (TPSA) is 156 Å². The predicted molar refractivity (Wildman–Crippen MR) is 189 cm³/mol. The van der Waals surface area contributed by atoms with Crippen molar-refractivity contribution in [3.05, 3.63) is 41.2 Å². The molecule has 0 aliphatic rings. The van der Waals surface area contributed by atoms with Gasteiger partial charge in [0.2, 0.25) is 5.88 Å². The van der Waals surface area contributed by atoms with Crippen molar-refractivity contribution in [2.24, 2.45) is 0 Å². The van der Waals surface area contributed by atoms with Crippen LogP contribution in [0, 0.1) is 0 Å². The zero-order valence-electron chi connectivity index (χ0n) is 29.4. The third-order valence-corrected chi connectivity index (χ3v) is 8.07. The zero-order chi connectivity index (χ0) is 36.1. The van der Waals surface area contributed by atoms with Crippen molar-refractivity contribution < 1.29 is 42.8 Å². The standard InChI is InChI=1S/C34H51ClN4O9S/c1-7-34(31(41)46-8-2,14-9-22-49-23-21-45-19-18-44-16-15-36-32(42)48-33(3,4)5)39-29(40)27-24-37-30(47-20-17-43-6)28(38-27)25-10-12-26(35)13-11-25/h10-13,24H,7-9,14-23H2,1-6H3,(H,36,42)(H,39,40). The SMILES string of the molecule is CCOC(=O)C(CC)(CCCSCCOCCOCCNC(=O)OC(C)(C)C)NC(=O)c1cnc(OCCOC)c(-c2ccc(Cl)cc2)n1. The molecule has 1 atom stereocenters. The van der Waals surface area contributed by atoms with Crippen molar-refractivity contribution in [1.82, 2.24) is 20.6 Å². The third-order valence-electron chi connectivity index (χ3n) is 6.79. The van der Waals surface area contributed by atoms with E-state index in [1.54, 1.807) is 70.8 Å². The average molecular weight is 727 g/mol. The number of carbonyl (C=O) groups excluding carboxylic acids is 3. The molecular weight excluding hydrogens is 676 g/mol. The molecule has 2 N–H and O–H groups in total. The molecular formula is C34H51ClN4O9S. The van der Waals surface area contributed by atoms with E-state index in [0.717, 1.165) is 11.5 Å². The lowest BCUT2D eigenvalue weighted by atomic mass is 9.90.